The van der Waals surface area contributed by atoms with Gasteiger partial charge in [0.05, 0.1) is 0 Å². The number of azide groups is 1. The zero-order chi connectivity index (χ0) is 9.83. The highest BCUT2D eigenvalue weighted by Gasteiger charge is 2.34. The molecule has 0 aliphatic rings. The second kappa shape index (κ2) is 3.81. The molecule has 12 heavy (non-hydrogen) atoms. The molecule has 0 unspecified atom stereocenters. The first-order chi connectivity index (χ1) is 5.37. The molecule has 0 radical (unpaired) electrons. The average Bonchev–Trinajstić information content (AvgIpc) is 2.00. The van der Waals surface area contributed by atoms with Gasteiger partial charge in [-0.1, -0.05) is 46.2 Å². The van der Waals surface area contributed by atoms with Crippen LogP contribution in [-0.4, -0.2) is 6.54 Å². The molecule has 0 aromatic heterocycles. The van der Waals surface area contributed by atoms with E-state index in [1.165, 1.54) is 0 Å². The van der Waals surface area contributed by atoms with E-state index < -0.39 is 0 Å². The van der Waals surface area contributed by atoms with Crippen LogP contribution in [0.4, 0.5) is 0 Å². The third-order valence-electron chi connectivity index (χ3n) is 3.25. The molecule has 0 atom stereocenters. The highest BCUT2D eigenvalue weighted by molar-refractivity contribution is 4.86. The Morgan fingerprint density at radius 1 is 1.17 bits per heavy atom. The fraction of sp³-hybridized carbons (Fsp3) is 1.00. The van der Waals surface area contributed by atoms with Gasteiger partial charge in [-0.2, -0.15) is 0 Å². The maximum absolute atomic E-state index is 8.23. The zero-order valence-corrected chi connectivity index (χ0v) is 8.76. The topological polar surface area (TPSA) is 48.8 Å². The summed E-state index contributed by atoms with van der Waals surface area (Å²) < 4.78 is 0. The third-order valence-corrected chi connectivity index (χ3v) is 3.25. The summed E-state index contributed by atoms with van der Waals surface area (Å²) in [6, 6.07) is 0. The zero-order valence-electron chi connectivity index (χ0n) is 8.76. The molecule has 0 bridgehead atoms. The van der Waals surface area contributed by atoms with Crippen LogP contribution in [0.15, 0.2) is 5.11 Å². The smallest absolute Gasteiger partial charge is 0.0314 e. The van der Waals surface area contributed by atoms with Crippen molar-refractivity contribution in [2.75, 3.05) is 6.54 Å². The fourth-order valence-electron chi connectivity index (χ4n) is 0.901. The largest absolute Gasteiger partial charge is 0.0934 e. The predicted octanol–water partition coefficient (Wildman–Crippen LogP) is 3.76. The first-order valence-corrected chi connectivity index (χ1v) is 4.38. The maximum Gasteiger partial charge on any atom is 0.0314 e. The quantitative estimate of drug-likeness (QED) is 0.349. The van der Waals surface area contributed by atoms with Crippen LogP contribution in [0.25, 0.3) is 10.4 Å². The van der Waals surface area contributed by atoms with E-state index in [0.717, 1.165) is 6.42 Å². The standard InChI is InChI=1S/C9H19N3/c1-6-8(2,3)9(4,5)7-11-12-10/h6-7H2,1-5H3. The molecule has 0 aliphatic heterocycles. The van der Waals surface area contributed by atoms with E-state index in [0.29, 0.717) is 6.54 Å². The van der Waals surface area contributed by atoms with E-state index >= 15 is 0 Å². The van der Waals surface area contributed by atoms with E-state index in [1.807, 2.05) is 0 Å². The van der Waals surface area contributed by atoms with Crippen LogP contribution in [0.2, 0.25) is 0 Å². The Hall–Kier alpha value is -0.690. The van der Waals surface area contributed by atoms with Crippen molar-refractivity contribution in [1.29, 1.82) is 0 Å². The number of hydrogen-bond donors (Lipinski definition) is 0. The monoisotopic (exact) mass is 169 g/mol. The Bertz CT molecular complexity index is 188. The molecule has 0 saturated carbocycles. The molecule has 0 amide bonds. The highest BCUT2D eigenvalue weighted by Crippen LogP contribution is 2.41. The molecule has 0 spiro atoms. The van der Waals surface area contributed by atoms with Crippen molar-refractivity contribution in [1.82, 2.24) is 0 Å². The van der Waals surface area contributed by atoms with Crippen molar-refractivity contribution >= 4 is 0 Å². The van der Waals surface area contributed by atoms with E-state index in [2.05, 4.69) is 44.6 Å². The maximum atomic E-state index is 8.23. The minimum absolute atomic E-state index is 0.0774. The molecule has 0 fully saturated rings. The number of hydrogen-bond acceptors (Lipinski definition) is 1. The minimum atomic E-state index is 0.0774. The van der Waals surface area contributed by atoms with Crippen LogP contribution < -0.4 is 0 Å². The molecule has 0 aliphatic carbocycles. The lowest BCUT2D eigenvalue weighted by atomic mass is 9.66. The third kappa shape index (κ3) is 2.42. The number of rotatable bonds is 4. The lowest BCUT2D eigenvalue weighted by Gasteiger charge is -2.40. The SMILES string of the molecule is CCC(C)(C)C(C)(C)CN=[N+]=[N-]. The predicted molar refractivity (Wildman–Crippen MR) is 51.9 cm³/mol. The summed E-state index contributed by atoms with van der Waals surface area (Å²) in [5, 5.41) is 3.64. The highest BCUT2D eigenvalue weighted by atomic mass is 15.1. The Labute approximate surface area is 74.8 Å². The van der Waals surface area contributed by atoms with Crippen LogP contribution in [0.1, 0.15) is 41.0 Å². The number of nitrogens with zero attached hydrogens (tertiary/aromatic N) is 3. The normalized spacial score (nSPS) is 12.4. The second-order valence-electron chi connectivity index (χ2n) is 4.51. The Kier molecular flexibility index (Phi) is 3.59. The average molecular weight is 169 g/mol. The van der Waals surface area contributed by atoms with Gasteiger partial charge < -0.3 is 0 Å². The van der Waals surface area contributed by atoms with Crippen molar-refractivity contribution < 1.29 is 0 Å². The van der Waals surface area contributed by atoms with E-state index in [1.54, 1.807) is 0 Å². The van der Waals surface area contributed by atoms with Gasteiger partial charge in [-0.15, -0.1) is 0 Å². The molecule has 0 N–H and O–H groups in total. The van der Waals surface area contributed by atoms with Crippen LogP contribution in [0.5, 0.6) is 0 Å². The summed E-state index contributed by atoms with van der Waals surface area (Å²) in [6.45, 7) is 11.4. The van der Waals surface area contributed by atoms with Gasteiger partial charge >= 0.3 is 0 Å². The summed E-state index contributed by atoms with van der Waals surface area (Å²) in [4.78, 5) is 2.79. The van der Waals surface area contributed by atoms with Gasteiger partial charge in [-0.25, -0.2) is 0 Å². The lowest BCUT2D eigenvalue weighted by Crippen LogP contribution is -2.34. The van der Waals surface area contributed by atoms with E-state index in [4.69, 9.17) is 5.53 Å². The van der Waals surface area contributed by atoms with E-state index in [9.17, 15) is 0 Å². The molecule has 0 rings (SSSR count). The fourth-order valence-corrected chi connectivity index (χ4v) is 0.901. The van der Waals surface area contributed by atoms with Gasteiger partial charge in [0, 0.05) is 11.5 Å². The Morgan fingerprint density at radius 3 is 2.00 bits per heavy atom. The minimum Gasteiger partial charge on any atom is -0.0934 e. The summed E-state index contributed by atoms with van der Waals surface area (Å²) >= 11 is 0. The van der Waals surface area contributed by atoms with Gasteiger partial charge in [-0.3, -0.25) is 0 Å². The van der Waals surface area contributed by atoms with Crippen LogP contribution in [0.3, 0.4) is 0 Å². The van der Waals surface area contributed by atoms with Crippen LogP contribution >= 0.6 is 0 Å². The van der Waals surface area contributed by atoms with Crippen LogP contribution in [0, 0.1) is 10.8 Å². The molecule has 70 valence electrons. The molecule has 0 heterocycles. The lowest BCUT2D eigenvalue weighted by molar-refractivity contribution is 0.114. The molecule has 3 nitrogen and oxygen atoms in total. The van der Waals surface area contributed by atoms with Crippen molar-refractivity contribution in [2.45, 2.75) is 41.0 Å². The molecule has 0 aromatic carbocycles. The molecule has 0 saturated heterocycles. The van der Waals surface area contributed by atoms with Crippen LogP contribution in [-0.2, 0) is 0 Å². The summed E-state index contributed by atoms with van der Waals surface area (Å²) in [5.74, 6) is 0. The van der Waals surface area contributed by atoms with Gasteiger partial charge in [0.15, 0.2) is 0 Å². The summed E-state index contributed by atoms with van der Waals surface area (Å²) in [5.41, 5.74) is 8.53. The molecule has 3 heteroatoms. The van der Waals surface area contributed by atoms with Crippen molar-refractivity contribution in [3.8, 4) is 0 Å². The van der Waals surface area contributed by atoms with Gasteiger partial charge in [0.25, 0.3) is 0 Å². The molecule has 0 aromatic rings. The van der Waals surface area contributed by atoms with Crippen molar-refractivity contribution in [2.24, 2.45) is 15.9 Å². The van der Waals surface area contributed by atoms with Crippen molar-refractivity contribution in [3.05, 3.63) is 10.4 Å². The Balaban J connectivity index is 4.47. The second-order valence-corrected chi connectivity index (χ2v) is 4.51. The van der Waals surface area contributed by atoms with Crippen molar-refractivity contribution in [3.63, 3.8) is 0 Å². The summed E-state index contributed by atoms with van der Waals surface area (Å²) in [7, 11) is 0. The van der Waals surface area contributed by atoms with Gasteiger partial charge in [-0.05, 0) is 16.4 Å². The first kappa shape index (κ1) is 11.3. The molecular formula is C9H19N3. The Morgan fingerprint density at radius 2 is 1.67 bits per heavy atom. The van der Waals surface area contributed by atoms with Gasteiger partial charge in [0.2, 0.25) is 0 Å². The summed E-state index contributed by atoms with van der Waals surface area (Å²) in [6.07, 6.45) is 1.10. The van der Waals surface area contributed by atoms with Gasteiger partial charge in [0.1, 0.15) is 0 Å². The first-order valence-electron chi connectivity index (χ1n) is 4.38. The van der Waals surface area contributed by atoms with E-state index in [-0.39, 0.29) is 10.8 Å². The molecular weight excluding hydrogens is 150 g/mol.